The van der Waals surface area contributed by atoms with Crippen molar-refractivity contribution in [2.24, 2.45) is 7.05 Å². The van der Waals surface area contributed by atoms with Crippen molar-refractivity contribution in [2.45, 2.75) is 23.9 Å². The summed E-state index contributed by atoms with van der Waals surface area (Å²) in [7, 11) is 5.15. The quantitative estimate of drug-likeness (QED) is 0.572. The van der Waals surface area contributed by atoms with E-state index in [4.69, 9.17) is 9.47 Å². The minimum atomic E-state index is -0.306. The van der Waals surface area contributed by atoms with Gasteiger partial charge in [-0.3, -0.25) is 4.79 Å². The summed E-state index contributed by atoms with van der Waals surface area (Å²) in [5.74, 6) is 2.26. The predicted octanol–water partition coefficient (Wildman–Crippen LogP) is 3.30. The standard InChI is InChI=1S/C21H24N4O3S/c1-14(20(26)22-13-15-5-9-17(27-3)10-6-15)29-21-24-23-19(25(21)2)16-7-11-18(28-4)12-8-16/h5-12,14H,13H2,1-4H3,(H,22,26). The maximum Gasteiger partial charge on any atom is 0.233 e. The molecule has 0 radical (unpaired) electrons. The molecule has 0 aliphatic heterocycles. The smallest absolute Gasteiger partial charge is 0.233 e. The molecule has 0 bridgehead atoms. The highest BCUT2D eigenvalue weighted by Gasteiger charge is 2.19. The van der Waals surface area contributed by atoms with Gasteiger partial charge in [-0.05, 0) is 48.9 Å². The Labute approximate surface area is 174 Å². The Bertz CT molecular complexity index is 955. The van der Waals surface area contributed by atoms with Crippen LogP contribution in [0.3, 0.4) is 0 Å². The van der Waals surface area contributed by atoms with E-state index >= 15 is 0 Å². The first-order chi connectivity index (χ1) is 14.0. The fourth-order valence-corrected chi connectivity index (χ4v) is 3.54. The lowest BCUT2D eigenvalue weighted by molar-refractivity contribution is -0.120. The number of thioether (sulfide) groups is 1. The molecule has 1 heterocycles. The largest absolute Gasteiger partial charge is 0.497 e. The van der Waals surface area contributed by atoms with E-state index in [1.54, 1.807) is 14.2 Å². The molecule has 0 aliphatic carbocycles. The number of amides is 1. The minimum Gasteiger partial charge on any atom is -0.497 e. The Morgan fingerprint density at radius 1 is 1.03 bits per heavy atom. The number of nitrogens with zero attached hydrogens (tertiary/aromatic N) is 3. The Kier molecular flexibility index (Phi) is 6.77. The van der Waals surface area contributed by atoms with Crippen molar-refractivity contribution in [2.75, 3.05) is 14.2 Å². The molecule has 0 spiro atoms. The Hall–Kier alpha value is -3.00. The number of rotatable bonds is 8. The molecule has 3 aromatic rings. The van der Waals surface area contributed by atoms with Crippen LogP contribution < -0.4 is 14.8 Å². The molecule has 29 heavy (non-hydrogen) atoms. The number of aromatic nitrogens is 3. The first-order valence-corrected chi connectivity index (χ1v) is 10.0. The van der Waals surface area contributed by atoms with Crippen molar-refractivity contribution in [1.29, 1.82) is 0 Å². The van der Waals surface area contributed by atoms with Gasteiger partial charge in [-0.1, -0.05) is 23.9 Å². The maximum atomic E-state index is 12.5. The van der Waals surface area contributed by atoms with Crippen LogP contribution in [-0.4, -0.2) is 40.1 Å². The van der Waals surface area contributed by atoms with Crippen LogP contribution >= 0.6 is 11.8 Å². The predicted molar refractivity (Wildman–Crippen MR) is 113 cm³/mol. The molecular formula is C21H24N4O3S. The highest BCUT2D eigenvalue weighted by atomic mass is 32.2. The highest BCUT2D eigenvalue weighted by Crippen LogP contribution is 2.26. The molecule has 1 aromatic heterocycles. The Morgan fingerprint density at radius 3 is 2.21 bits per heavy atom. The van der Waals surface area contributed by atoms with Crippen LogP contribution in [0.15, 0.2) is 53.7 Å². The second-order valence-electron chi connectivity index (χ2n) is 6.42. The fourth-order valence-electron chi connectivity index (χ4n) is 2.70. The lowest BCUT2D eigenvalue weighted by atomic mass is 10.2. The van der Waals surface area contributed by atoms with Gasteiger partial charge in [0, 0.05) is 19.2 Å². The molecule has 0 saturated carbocycles. The third kappa shape index (κ3) is 5.08. The van der Waals surface area contributed by atoms with Gasteiger partial charge in [0.25, 0.3) is 0 Å². The zero-order valence-corrected chi connectivity index (χ0v) is 17.7. The summed E-state index contributed by atoms with van der Waals surface area (Å²) in [6.45, 7) is 2.32. The van der Waals surface area contributed by atoms with Gasteiger partial charge < -0.3 is 19.4 Å². The van der Waals surface area contributed by atoms with Gasteiger partial charge in [0.1, 0.15) is 11.5 Å². The molecular weight excluding hydrogens is 388 g/mol. The molecule has 1 atom stereocenters. The summed E-state index contributed by atoms with van der Waals surface area (Å²) in [6.07, 6.45) is 0. The average molecular weight is 413 g/mol. The average Bonchev–Trinajstić information content (AvgIpc) is 3.12. The number of hydrogen-bond donors (Lipinski definition) is 1. The van der Waals surface area contributed by atoms with E-state index in [1.807, 2.05) is 67.1 Å². The van der Waals surface area contributed by atoms with E-state index < -0.39 is 0 Å². The van der Waals surface area contributed by atoms with Crippen molar-refractivity contribution in [3.05, 3.63) is 54.1 Å². The highest BCUT2D eigenvalue weighted by molar-refractivity contribution is 8.00. The zero-order chi connectivity index (χ0) is 20.8. The van der Waals surface area contributed by atoms with Crippen molar-refractivity contribution in [1.82, 2.24) is 20.1 Å². The number of ether oxygens (including phenoxy) is 2. The second kappa shape index (κ2) is 9.47. The van der Waals surface area contributed by atoms with Crippen LogP contribution in [-0.2, 0) is 18.4 Å². The summed E-state index contributed by atoms with van der Waals surface area (Å²) in [5.41, 5.74) is 1.95. The summed E-state index contributed by atoms with van der Waals surface area (Å²) >= 11 is 1.38. The van der Waals surface area contributed by atoms with Crippen LogP contribution in [0.2, 0.25) is 0 Å². The Morgan fingerprint density at radius 2 is 1.62 bits per heavy atom. The molecule has 3 rings (SSSR count). The molecule has 1 amide bonds. The van der Waals surface area contributed by atoms with E-state index in [-0.39, 0.29) is 11.2 Å². The van der Waals surface area contributed by atoms with Gasteiger partial charge in [-0.2, -0.15) is 0 Å². The van der Waals surface area contributed by atoms with Crippen LogP contribution in [0.5, 0.6) is 11.5 Å². The lowest BCUT2D eigenvalue weighted by Crippen LogP contribution is -2.30. The van der Waals surface area contributed by atoms with Crippen LogP contribution in [0.25, 0.3) is 11.4 Å². The molecule has 8 heteroatoms. The number of hydrogen-bond acceptors (Lipinski definition) is 6. The number of methoxy groups -OCH3 is 2. The van der Waals surface area contributed by atoms with E-state index in [0.29, 0.717) is 11.7 Å². The monoisotopic (exact) mass is 412 g/mol. The molecule has 2 aromatic carbocycles. The van der Waals surface area contributed by atoms with Gasteiger partial charge in [0.2, 0.25) is 5.91 Å². The molecule has 0 fully saturated rings. The van der Waals surface area contributed by atoms with E-state index in [2.05, 4.69) is 15.5 Å². The molecule has 0 aliphatic rings. The van der Waals surface area contributed by atoms with Crippen molar-refractivity contribution in [3.63, 3.8) is 0 Å². The summed E-state index contributed by atoms with van der Waals surface area (Å²) in [5, 5.41) is 11.8. The maximum absolute atomic E-state index is 12.5. The second-order valence-corrected chi connectivity index (χ2v) is 7.73. The minimum absolute atomic E-state index is 0.0557. The normalized spacial score (nSPS) is 11.7. The van der Waals surface area contributed by atoms with E-state index in [9.17, 15) is 4.79 Å². The van der Waals surface area contributed by atoms with Crippen molar-refractivity contribution in [3.8, 4) is 22.9 Å². The van der Waals surface area contributed by atoms with Crippen LogP contribution in [0.1, 0.15) is 12.5 Å². The van der Waals surface area contributed by atoms with Gasteiger partial charge in [0.05, 0.1) is 19.5 Å². The zero-order valence-electron chi connectivity index (χ0n) is 16.9. The fraction of sp³-hybridized carbons (Fsp3) is 0.286. The first kappa shape index (κ1) is 20.7. The SMILES string of the molecule is COc1ccc(CNC(=O)C(C)Sc2nnc(-c3ccc(OC)cc3)n2C)cc1. The van der Waals surface area contributed by atoms with E-state index in [0.717, 1.165) is 28.5 Å². The third-order valence-corrected chi connectivity index (χ3v) is 5.59. The number of carbonyl (C=O) groups is 1. The van der Waals surface area contributed by atoms with Gasteiger partial charge >= 0.3 is 0 Å². The van der Waals surface area contributed by atoms with E-state index in [1.165, 1.54) is 11.8 Å². The number of carbonyl (C=O) groups excluding carboxylic acids is 1. The molecule has 152 valence electrons. The summed E-state index contributed by atoms with van der Waals surface area (Å²) < 4.78 is 12.2. The first-order valence-electron chi connectivity index (χ1n) is 9.13. The van der Waals surface area contributed by atoms with Crippen LogP contribution in [0.4, 0.5) is 0 Å². The van der Waals surface area contributed by atoms with Gasteiger partial charge in [0.15, 0.2) is 11.0 Å². The Balaban J connectivity index is 1.60. The summed E-state index contributed by atoms with van der Waals surface area (Å²) in [4.78, 5) is 12.5. The van der Waals surface area contributed by atoms with Crippen molar-refractivity contribution < 1.29 is 14.3 Å². The molecule has 0 saturated heterocycles. The van der Waals surface area contributed by atoms with Crippen LogP contribution in [0, 0.1) is 0 Å². The molecule has 7 nitrogen and oxygen atoms in total. The van der Waals surface area contributed by atoms with Crippen molar-refractivity contribution >= 4 is 17.7 Å². The molecule has 1 N–H and O–H groups in total. The lowest BCUT2D eigenvalue weighted by Gasteiger charge is -2.12. The number of nitrogens with one attached hydrogen (secondary N) is 1. The third-order valence-electron chi connectivity index (χ3n) is 4.46. The number of benzene rings is 2. The molecule has 1 unspecified atom stereocenters. The summed E-state index contributed by atoms with van der Waals surface area (Å²) in [6, 6.07) is 15.2. The topological polar surface area (TPSA) is 78.3 Å². The van der Waals surface area contributed by atoms with Gasteiger partial charge in [-0.25, -0.2) is 0 Å². The van der Waals surface area contributed by atoms with Gasteiger partial charge in [-0.15, -0.1) is 10.2 Å².